The van der Waals surface area contributed by atoms with Gasteiger partial charge in [0.05, 0.1) is 45.5 Å². The fraction of sp³-hybridized carbons (Fsp3) is 0.0385. The predicted octanol–water partition coefficient (Wildman–Crippen LogP) is 7.14. The number of hydrogen-bond donors (Lipinski definition) is 3. The van der Waals surface area contributed by atoms with Crippen molar-refractivity contribution in [3.05, 3.63) is 82.2 Å². The molecule has 3 aromatic carbocycles. The lowest BCUT2D eigenvalue weighted by atomic mass is 10.2. The molecule has 0 fully saturated rings. The molecule has 36 heavy (non-hydrogen) atoms. The second-order valence-electron chi connectivity index (χ2n) is 7.62. The molecule has 178 valence electrons. The number of carbonyl (C=O) groups excluding carboxylic acids is 1. The van der Waals surface area contributed by atoms with E-state index >= 15 is 0 Å². The number of hydrogen-bond acceptors (Lipinski definition) is 8. The van der Waals surface area contributed by atoms with Crippen molar-refractivity contribution >= 4 is 72.5 Å². The third-order valence-corrected chi connectivity index (χ3v) is 7.77. The minimum absolute atomic E-state index is 0.283. The van der Waals surface area contributed by atoms with Crippen LogP contribution in [0.15, 0.2) is 66.7 Å². The fourth-order valence-electron chi connectivity index (χ4n) is 3.66. The number of methoxy groups -OCH3 is 1. The zero-order valence-corrected chi connectivity index (χ0v) is 21.2. The van der Waals surface area contributed by atoms with E-state index in [4.69, 9.17) is 27.1 Å². The first kappa shape index (κ1) is 23.6. The normalized spacial score (nSPS) is 10.7. The second kappa shape index (κ2) is 9.87. The molecule has 0 atom stereocenters. The van der Waals surface area contributed by atoms with Crippen molar-refractivity contribution in [2.24, 2.45) is 0 Å². The number of nitrogens with two attached hydrogens (primary N) is 1. The van der Waals surface area contributed by atoms with E-state index in [1.165, 1.54) is 28.7 Å². The third kappa shape index (κ3) is 4.45. The van der Waals surface area contributed by atoms with Gasteiger partial charge in [-0.1, -0.05) is 35.9 Å². The average Bonchev–Trinajstić information content (AvgIpc) is 3.44. The van der Waals surface area contributed by atoms with Gasteiger partial charge < -0.3 is 21.1 Å². The van der Waals surface area contributed by atoms with Gasteiger partial charge in [-0.05, 0) is 42.5 Å². The number of benzene rings is 3. The number of anilines is 4. The van der Waals surface area contributed by atoms with E-state index in [1.807, 2.05) is 48.5 Å². The molecule has 0 aliphatic carbocycles. The highest BCUT2D eigenvalue weighted by molar-refractivity contribution is 7.23. The maximum absolute atomic E-state index is 13.4. The van der Waals surface area contributed by atoms with E-state index in [2.05, 4.69) is 16.7 Å². The summed E-state index contributed by atoms with van der Waals surface area (Å²) < 4.78 is 6.49. The van der Waals surface area contributed by atoms with Crippen LogP contribution in [0.1, 0.15) is 15.2 Å². The second-order valence-corrected chi connectivity index (χ2v) is 10.1. The highest BCUT2D eigenvalue weighted by Crippen LogP contribution is 2.47. The van der Waals surface area contributed by atoms with Crippen LogP contribution < -0.4 is 21.1 Å². The Morgan fingerprint density at radius 2 is 1.86 bits per heavy atom. The summed E-state index contributed by atoms with van der Waals surface area (Å²) in [5.74, 6) is 0.190. The molecule has 1 amide bonds. The van der Waals surface area contributed by atoms with Crippen LogP contribution in [-0.2, 0) is 0 Å². The maximum Gasteiger partial charge on any atom is 0.267 e. The summed E-state index contributed by atoms with van der Waals surface area (Å²) in [6.45, 7) is 0. The van der Waals surface area contributed by atoms with Crippen LogP contribution in [-0.4, -0.2) is 18.0 Å². The highest BCUT2D eigenvalue weighted by atomic mass is 35.5. The Hall–Kier alpha value is -4.10. The molecule has 2 heterocycles. The first-order valence-electron chi connectivity index (χ1n) is 10.7. The molecule has 5 rings (SSSR count). The number of rotatable bonds is 6. The Bertz CT molecular complexity index is 1620. The minimum atomic E-state index is -0.452. The van der Waals surface area contributed by atoms with Crippen molar-refractivity contribution in [1.82, 2.24) is 4.98 Å². The molecule has 10 heteroatoms. The Morgan fingerprint density at radius 3 is 2.64 bits per heavy atom. The maximum atomic E-state index is 13.4. The van der Waals surface area contributed by atoms with Crippen molar-refractivity contribution in [1.29, 1.82) is 5.26 Å². The molecule has 7 nitrogen and oxygen atoms in total. The van der Waals surface area contributed by atoms with Gasteiger partial charge >= 0.3 is 0 Å². The van der Waals surface area contributed by atoms with Gasteiger partial charge in [0.25, 0.3) is 5.91 Å². The Morgan fingerprint density at radius 1 is 1.08 bits per heavy atom. The number of thiophene rings is 1. The molecule has 0 saturated heterocycles. The lowest BCUT2D eigenvalue weighted by Crippen LogP contribution is -2.13. The van der Waals surface area contributed by atoms with Crippen molar-refractivity contribution in [2.75, 3.05) is 23.5 Å². The molecule has 0 spiro atoms. The smallest absolute Gasteiger partial charge is 0.267 e. The van der Waals surface area contributed by atoms with Gasteiger partial charge in [-0.25, -0.2) is 4.98 Å². The van der Waals surface area contributed by atoms with Crippen molar-refractivity contribution < 1.29 is 9.53 Å². The number of aromatic nitrogens is 1. The summed E-state index contributed by atoms with van der Waals surface area (Å²) in [4.78, 5) is 18.4. The van der Waals surface area contributed by atoms with Crippen molar-refractivity contribution in [2.45, 2.75) is 0 Å². The summed E-state index contributed by atoms with van der Waals surface area (Å²) >= 11 is 8.78. The largest absolute Gasteiger partial charge is 0.495 e. The van der Waals surface area contributed by atoms with E-state index in [1.54, 1.807) is 19.2 Å². The summed E-state index contributed by atoms with van der Waals surface area (Å²) in [7, 11) is 1.59. The van der Waals surface area contributed by atoms with E-state index in [-0.39, 0.29) is 10.6 Å². The third-order valence-electron chi connectivity index (χ3n) is 5.36. The monoisotopic (exact) mass is 531 g/mol. The summed E-state index contributed by atoms with van der Waals surface area (Å²) in [5, 5.41) is 17.3. The Kier molecular flexibility index (Phi) is 6.48. The quantitative estimate of drug-likeness (QED) is 0.215. The highest BCUT2D eigenvalue weighted by Gasteiger charge is 2.26. The molecule has 0 radical (unpaired) electrons. The number of ether oxygens (including phenoxy) is 1. The number of carbonyl (C=O) groups is 1. The number of nitrogen functional groups attached to an aromatic ring is 1. The van der Waals surface area contributed by atoms with Crippen LogP contribution >= 0.6 is 34.3 Å². The molecule has 0 aliphatic heterocycles. The number of nitrogens with zero attached hydrogens (tertiary/aromatic N) is 2. The lowest BCUT2D eigenvalue weighted by Gasteiger charge is -2.10. The zero-order valence-electron chi connectivity index (χ0n) is 18.8. The van der Waals surface area contributed by atoms with Crippen LogP contribution in [0.4, 0.5) is 22.1 Å². The van der Waals surface area contributed by atoms with Gasteiger partial charge in [-0.3, -0.25) is 4.79 Å². The van der Waals surface area contributed by atoms with Crippen LogP contribution in [0.3, 0.4) is 0 Å². The number of amides is 1. The Balaban J connectivity index is 1.61. The number of para-hydroxylation sites is 3. The molecule has 0 aliphatic rings. The first-order chi connectivity index (χ1) is 17.5. The van der Waals surface area contributed by atoms with Crippen LogP contribution in [0.25, 0.3) is 20.8 Å². The molecule has 0 bridgehead atoms. The topological polar surface area (TPSA) is 113 Å². The molecular weight excluding hydrogens is 514 g/mol. The number of nitriles is 1. The standard InChI is InChI=1S/C26H18ClN5O2S2/c1-34-19-8-4-2-6-16(19)31-26-21(25-32-17-7-3-5-9-20(17)35-25)22(29)23(36-26)24(33)30-18-12-15(27)11-10-14(18)13-28/h2-12,31H,29H2,1H3,(H,30,33). The number of fused-ring (bicyclic) bond motifs is 1. The van der Waals surface area contributed by atoms with Crippen molar-refractivity contribution in [3.63, 3.8) is 0 Å². The van der Waals surface area contributed by atoms with Crippen LogP contribution in [0.5, 0.6) is 5.75 Å². The van der Waals surface area contributed by atoms with Gasteiger partial charge in [-0.15, -0.1) is 22.7 Å². The number of nitrogens with one attached hydrogen (secondary N) is 2. The molecule has 0 unspecified atom stereocenters. The Labute approximate surface area is 219 Å². The number of thiazole rings is 1. The van der Waals surface area contributed by atoms with E-state index < -0.39 is 5.91 Å². The fourth-order valence-corrected chi connectivity index (χ4v) is 5.96. The average molecular weight is 532 g/mol. The van der Waals surface area contributed by atoms with E-state index in [0.717, 1.165) is 15.9 Å². The predicted molar refractivity (Wildman–Crippen MR) is 148 cm³/mol. The zero-order chi connectivity index (χ0) is 25.2. The molecule has 4 N–H and O–H groups in total. The first-order valence-corrected chi connectivity index (χ1v) is 12.7. The van der Waals surface area contributed by atoms with Gasteiger partial charge in [0.1, 0.15) is 26.7 Å². The van der Waals surface area contributed by atoms with Gasteiger partial charge in [0.2, 0.25) is 0 Å². The lowest BCUT2D eigenvalue weighted by molar-refractivity contribution is 0.103. The van der Waals surface area contributed by atoms with Crippen molar-refractivity contribution in [3.8, 4) is 22.4 Å². The minimum Gasteiger partial charge on any atom is -0.495 e. The summed E-state index contributed by atoms with van der Waals surface area (Å²) in [6.07, 6.45) is 0. The molecule has 2 aromatic heterocycles. The van der Waals surface area contributed by atoms with Gasteiger partial charge in [-0.2, -0.15) is 5.26 Å². The SMILES string of the molecule is COc1ccccc1Nc1sc(C(=O)Nc2cc(Cl)ccc2C#N)c(N)c1-c1nc2ccccc2s1. The summed E-state index contributed by atoms with van der Waals surface area (Å²) in [6, 6.07) is 22.0. The molecule has 5 aromatic rings. The van der Waals surface area contributed by atoms with E-state index in [0.29, 0.717) is 37.6 Å². The van der Waals surface area contributed by atoms with Gasteiger partial charge in [0.15, 0.2) is 0 Å². The summed E-state index contributed by atoms with van der Waals surface area (Å²) in [5.41, 5.74) is 9.67. The van der Waals surface area contributed by atoms with Crippen LogP contribution in [0.2, 0.25) is 5.02 Å². The van der Waals surface area contributed by atoms with Gasteiger partial charge in [0, 0.05) is 5.02 Å². The number of halogens is 1. The molecule has 0 saturated carbocycles. The van der Waals surface area contributed by atoms with E-state index in [9.17, 15) is 10.1 Å². The molecular formula is C26H18ClN5O2S2. The van der Waals surface area contributed by atoms with Crippen LogP contribution in [0, 0.1) is 11.3 Å².